The van der Waals surface area contributed by atoms with E-state index in [9.17, 15) is 24.0 Å². The molecule has 1 heterocycles. The molecule has 4 N–H and O–H groups in total. The Morgan fingerprint density at radius 1 is 1.11 bits per heavy atom. The molecule has 36 heavy (non-hydrogen) atoms. The molecule has 0 aromatic heterocycles. The minimum atomic E-state index is -1.21. The summed E-state index contributed by atoms with van der Waals surface area (Å²) in [5.41, 5.74) is 0.768. The highest BCUT2D eigenvalue weighted by molar-refractivity contribution is 5.98. The van der Waals surface area contributed by atoms with Gasteiger partial charge in [0.1, 0.15) is 31.3 Å². The fraction of sp³-hybridized carbons (Fsp3) is 0.480. The van der Waals surface area contributed by atoms with Gasteiger partial charge in [-0.05, 0) is 24.8 Å². The maximum atomic E-state index is 13.2. The summed E-state index contributed by atoms with van der Waals surface area (Å²) in [6, 6.07) is 5.75. The molecule has 2 rings (SSSR count). The van der Waals surface area contributed by atoms with Gasteiger partial charge in [-0.15, -0.1) is 0 Å². The number of benzene rings is 1. The lowest BCUT2D eigenvalue weighted by molar-refractivity contribution is -0.138. The number of alkyl carbamates (subject to hydrolysis) is 1. The number of carboxylic acids is 1. The van der Waals surface area contributed by atoms with E-state index in [2.05, 4.69) is 22.5 Å². The largest absolute Gasteiger partial charge is 0.480 e. The molecule has 0 saturated carbocycles. The Balaban J connectivity index is 2.10. The maximum Gasteiger partial charge on any atom is 0.408 e. The average Bonchev–Trinajstić information content (AvgIpc) is 3.50. The van der Waals surface area contributed by atoms with Gasteiger partial charge in [0, 0.05) is 6.42 Å². The zero-order chi connectivity index (χ0) is 26.8. The van der Waals surface area contributed by atoms with Crippen LogP contribution in [0, 0.1) is 5.92 Å². The SMILES string of the molecule is C=CCOC(=O)N[C@@H](CC(C)C)C(=O)N1[C@H](C(=O)N[C@@H](Cc2ccccc2)C(=O)NCC(=O)O)[C@@H]1C. The van der Waals surface area contributed by atoms with Crippen LogP contribution in [0.25, 0.3) is 0 Å². The van der Waals surface area contributed by atoms with Crippen LogP contribution in [-0.2, 0) is 30.3 Å². The molecular formula is C25H34N4O7. The van der Waals surface area contributed by atoms with Gasteiger partial charge in [0.15, 0.2) is 0 Å². The van der Waals surface area contributed by atoms with E-state index >= 15 is 0 Å². The Bertz CT molecular complexity index is 966. The van der Waals surface area contributed by atoms with Gasteiger partial charge in [-0.25, -0.2) is 4.79 Å². The molecule has 0 spiro atoms. The smallest absolute Gasteiger partial charge is 0.408 e. The Kier molecular flexibility index (Phi) is 10.4. The minimum Gasteiger partial charge on any atom is -0.480 e. The predicted molar refractivity (Wildman–Crippen MR) is 131 cm³/mol. The Morgan fingerprint density at radius 3 is 2.36 bits per heavy atom. The van der Waals surface area contributed by atoms with Crippen LogP contribution in [0.2, 0.25) is 0 Å². The van der Waals surface area contributed by atoms with Gasteiger partial charge in [0.2, 0.25) is 17.7 Å². The van der Waals surface area contributed by atoms with Crippen LogP contribution in [0.15, 0.2) is 43.0 Å². The molecule has 1 aromatic rings. The first kappa shape index (κ1) is 28.3. The molecule has 0 radical (unpaired) electrons. The van der Waals surface area contributed by atoms with E-state index in [-0.39, 0.29) is 18.9 Å². The first-order valence-corrected chi connectivity index (χ1v) is 11.7. The van der Waals surface area contributed by atoms with E-state index in [4.69, 9.17) is 9.84 Å². The number of amides is 4. The highest BCUT2D eigenvalue weighted by Gasteiger charge is 2.54. The molecule has 4 atom stereocenters. The fourth-order valence-electron chi connectivity index (χ4n) is 3.83. The molecule has 11 nitrogen and oxygen atoms in total. The quantitative estimate of drug-likeness (QED) is 0.230. The molecule has 0 unspecified atom stereocenters. The summed E-state index contributed by atoms with van der Waals surface area (Å²) in [5.74, 6) is -2.75. The molecule has 1 aliphatic heterocycles. The van der Waals surface area contributed by atoms with E-state index in [1.807, 2.05) is 19.9 Å². The van der Waals surface area contributed by atoms with Crippen molar-refractivity contribution in [2.24, 2.45) is 5.92 Å². The third-order valence-electron chi connectivity index (χ3n) is 5.59. The van der Waals surface area contributed by atoms with Crippen LogP contribution in [0.4, 0.5) is 4.79 Å². The summed E-state index contributed by atoms with van der Waals surface area (Å²) in [4.78, 5) is 63.1. The van der Waals surface area contributed by atoms with Gasteiger partial charge in [0.25, 0.3) is 0 Å². The van der Waals surface area contributed by atoms with Crippen LogP contribution in [-0.4, -0.2) is 77.1 Å². The summed E-state index contributed by atoms with van der Waals surface area (Å²) < 4.78 is 4.93. The molecular weight excluding hydrogens is 468 g/mol. The van der Waals surface area contributed by atoms with Crippen molar-refractivity contribution in [3.8, 4) is 0 Å². The number of carbonyl (C=O) groups excluding carboxylic acids is 4. The molecule has 1 saturated heterocycles. The van der Waals surface area contributed by atoms with Crippen LogP contribution in [0.3, 0.4) is 0 Å². The summed E-state index contributed by atoms with van der Waals surface area (Å²) >= 11 is 0. The van der Waals surface area contributed by atoms with Gasteiger partial charge in [-0.2, -0.15) is 0 Å². The van der Waals surface area contributed by atoms with Crippen LogP contribution in [0.1, 0.15) is 32.8 Å². The number of aliphatic carboxylic acids is 1. The molecule has 0 aliphatic carbocycles. The van der Waals surface area contributed by atoms with Crippen LogP contribution < -0.4 is 16.0 Å². The highest BCUT2D eigenvalue weighted by Crippen LogP contribution is 2.30. The number of hydrogen-bond acceptors (Lipinski definition) is 6. The predicted octanol–water partition coefficient (Wildman–Crippen LogP) is 0.841. The molecule has 4 amide bonds. The van der Waals surface area contributed by atoms with Crippen molar-refractivity contribution in [2.45, 2.75) is 57.8 Å². The summed E-state index contributed by atoms with van der Waals surface area (Å²) in [5, 5.41) is 16.4. The topological polar surface area (TPSA) is 154 Å². The maximum absolute atomic E-state index is 13.2. The number of carboxylic acid groups (broad SMARTS) is 1. The lowest BCUT2D eigenvalue weighted by Gasteiger charge is -2.21. The summed E-state index contributed by atoms with van der Waals surface area (Å²) in [6.45, 7) is 8.37. The third-order valence-corrected chi connectivity index (χ3v) is 5.59. The van der Waals surface area contributed by atoms with Crippen LogP contribution >= 0.6 is 0 Å². The third kappa shape index (κ3) is 8.40. The van der Waals surface area contributed by atoms with E-state index < -0.39 is 60.5 Å². The lowest BCUT2D eigenvalue weighted by Crippen LogP contribution is -2.51. The summed E-state index contributed by atoms with van der Waals surface area (Å²) in [7, 11) is 0. The zero-order valence-corrected chi connectivity index (χ0v) is 20.7. The Hall–Kier alpha value is -3.89. The van der Waals surface area contributed by atoms with Crippen molar-refractivity contribution >= 4 is 29.8 Å². The van der Waals surface area contributed by atoms with Crippen molar-refractivity contribution in [1.29, 1.82) is 0 Å². The van der Waals surface area contributed by atoms with E-state index in [1.54, 1.807) is 31.2 Å². The van der Waals surface area contributed by atoms with E-state index in [1.165, 1.54) is 11.0 Å². The molecule has 1 fully saturated rings. The van der Waals surface area contributed by atoms with Crippen molar-refractivity contribution in [2.75, 3.05) is 13.2 Å². The van der Waals surface area contributed by atoms with Gasteiger partial charge in [-0.1, -0.05) is 56.8 Å². The monoisotopic (exact) mass is 502 g/mol. The van der Waals surface area contributed by atoms with Crippen molar-refractivity contribution < 1.29 is 33.8 Å². The normalized spacial score (nSPS) is 17.9. The van der Waals surface area contributed by atoms with Crippen molar-refractivity contribution in [1.82, 2.24) is 20.9 Å². The second-order valence-electron chi connectivity index (χ2n) is 9.01. The number of nitrogens with one attached hydrogen (secondary N) is 3. The Labute approximate surface area is 210 Å². The highest BCUT2D eigenvalue weighted by atomic mass is 16.5. The van der Waals surface area contributed by atoms with Crippen LogP contribution in [0.5, 0.6) is 0 Å². The average molecular weight is 503 g/mol. The number of ether oxygens (including phenoxy) is 1. The van der Waals surface area contributed by atoms with Gasteiger partial charge >= 0.3 is 12.1 Å². The van der Waals surface area contributed by atoms with Gasteiger partial charge < -0.3 is 30.7 Å². The number of nitrogens with zero attached hydrogens (tertiary/aromatic N) is 1. The second-order valence-corrected chi connectivity index (χ2v) is 9.01. The summed E-state index contributed by atoms with van der Waals surface area (Å²) in [6.07, 6.45) is 1.12. The molecule has 11 heteroatoms. The van der Waals surface area contributed by atoms with E-state index in [0.29, 0.717) is 6.42 Å². The zero-order valence-electron chi connectivity index (χ0n) is 20.7. The fourth-order valence-corrected chi connectivity index (χ4v) is 3.83. The first-order chi connectivity index (χ1) is 17.0. The van der Waals surface area contributed by atoms with Crippen molar-refractivity contribution in [3.63, 3.8) is 0 Å². The van der Waals surface area contributed by atoms with Gasteiger partial charge in [-0.3, -0.25) is 19.2 Å². The molecule has 0 bridgehead atoms. The number of rotatable bonds is 13. The molecule has 1 aromatic carbocycles. The van der Waals surface area contributed by atoms with E-state index in [0.717, 1.165) is 5.56 Å². The standard InChI is InChI=1S/C25H34N4O7/c1-5-11-36-25(35)28-19(12-15(2)3)24(34)29-16(4)21(29)23(33)27-18(22(32)26-14-20(30)31)13-17-9-7-6-8-10-17/h5-10,15-16,18-19,21H,1,11-14H2,2-4H3,(H,26,32)(H,27,33)(H,28,35)(H,30,31)/t16-,18-,19-,21-,29?/m0/s1. The number of carbonyl (C=O) groups is 5. The molecule has 196 valence electrons. The minimum absolute atomic E-state index is 0.00762. The number of hydrogen-bond donors (Lipinski definition) is 4. The first-order valence-electron chi connectivity index (χ1n) is 11.7. The van der Waals surface area contributed by atoms with Crippen molar-refractivity contribution in [3.05, 3.63) is 48.6 Å². The lowest BCUT2D eigenvalue weighted by atomic mass is 10.0. The Morgan fingerprint density at radius 2 is 1.78 bits per heavy atom. The van der Waals surface area contributed by atoms with Gasteiger partial charge in [0.05, 0.1) is 6.04 Å². The molecule has 1 aliphatic rings. The second kappa shape index (κ2) is 13.3.